The van der Waals surface area contributed by atoms with Gasteiger partial charge in [-0.3, -0.25) is 14.5 Å². The summed E-state index contributed by atoms with van der Waals surface area (Å²) in [6.45, 7) is 1.36. The zero-order valence-corrected chi connectivity index (χ0v) is 19.6. The van der Waals surface area contributed by atoms with Crippen LogP contribution in [0.2, 0.25) is 0 Å². The van der Waals surface area contributed by atoms with Crippen LogP contribution in [0.1, 0.15) is 24.8 Å². The summed E-state index contributed by atoms with van der Waals surface area (Å²) in [6, 6.07) is 19.6. The van der Waals surface area contributed by atoms with Crippen molar-refractivity contribution in [1.29, 1.82) is 0 Å². The number of carbonyl (C=O) groups excluding carboxylic acids is 2. The third-order valence-corrected chi connectivity index (χ3v) is 7.42. The summed E-state index contributed by atoms with van der Waals surface area (Å²) in [4.78, 5) is 26.2. The van der Waals surface area contributed by atoms with Crippen LogP contribution in [-0.2, 0) is 26.2 Å². The van der Waals surface area contributed by atoms with Gasteiger partial charge in [0, 0.05) is 25.2 Å². The van der Waals surface area contributed by atoms with E-state index in [1.807, 2.05) is 47.4 Å². The second kappa shape index (κ2) is 10.3. The Balaban J connectivity index is 1.30. The van der Waals surface area contributed by atoms with Gasteiger partial charge in [-0.2, -0.15) is 0 Å². The van der Waals surface area contributed by atoms with Gasteiger partial charge in [0.05, 0.1) is 10.9 Å². The maximum Gasteiger partial charge on any atom is 0.240 e. The van der Waals surface area contributed by atoms with Crippen LogP contribution < -0.4 is 15.8 Å². The van der Waals surface area contributed by atoms with Gasteiger partial charge in [-0.1, -0.05) is 42.5 Å². The van der Waals surface area contributed by atoms with E-state index in [1.54, 1.807) is 24.3 Å². The number of benzene rings is 3. The number of amides is 2. The second-order valence-corrected chi connectivity index (χ2v) is 10.2. The van der Waals surface area contributed by atoms with E-state index in [-0.39, 0.29) is 35.7 Å². The Kier molecular flexibility index (Phi) is 7.26. The predicted molar refractivity (Wildman–Crippen MR) is 131 cm³/mol. The molecule has 1 aliphatic rings. The quantitative estimate of drug-likeness (QED) is 0.435. The van der Waals surface area contributed by atoms with Gasteiger partial charge in [-0.05, 0) is 60.0 Å². The van der Waals surface area contributed by atoms with Gasteiger partial charge in [-0.25, -0.2) is 13.1 Å². The number of sulfonamides is 1. The van der Waals surface area contributed by atoms with Crippen molar-refractivity contribution in [3.63, 3.8) is 0 Å². The fraction of sp³-hybridized carbons (Fsp3) is 0.280. The Bertz CT molecular complexity index is 1310. The molecule has 1 heterocycles. The van der Waals surface area contributed by atoms with Crippen molar-refractivity contribution in [3.05, 3.63) is 72.3 Å². The minimum atomic E-state index is -3.73. The maximum absolute atomic E-state index is 12.6. The molecule has 8 nitrogen and oxygen atoms in total. The minimum Gasteiger partial charge on any atom is -0.368 e. The predicted octanol–water partition coefficient (Wildman–Crippen LogP) is 2.60. The van der Waals surface area contributed by atoms with Crippen LogP contribution in [0.5, 0.6) is 0 Å². The molecule has 4 rings (SSSR count). The zero-order valence-electron chi connectivity index (χ0n) is 18.7. The molecule has 1 unspecified atom stereocenters. The summed E-state index contributed by atoms with van der Waals surface area (Å²) < 4.78 is 27.7. The maximum atomic E-state index is 12.6. The summed E-state index contributed by atoms with van der Waals surface area (Å²) in [6.07, 6.45) is 1.69. The molecule has 34 heavy (non-hydrogen) atoms. The van der Waals surface area contributed by atoms with Crippen LogP contribution in [0.4, 0.5) is 5.69 Å². The lowest BCUT2D eigenvalue weighted by atomic mass is 10.1. The molecule has 0 spiro atoms. The average Bonchev–Trinajstić information content (AvgIpc) is 3.27. The van der Waals surface area contributed by atoms with Gasteiger partial charge in [0.1, 0.15) is 0 Å². The lowest BCUT2D eigenvalue weighted by Crippen LogP contribution is -2.39. The minimum absolute atomic E-state index is 0.00703. The third kappa shape index (κ3) is 5.80. The number of anilines is 1. The van der Waals surface area contributed by atoms with E-state index in [0.29, 0.717) is 12.2 Å². The number of hydrogen-bond acceptors (Lipinski definition) is 5. The zero-order chi connectivity index (χ0) is 24.1. The first kappa shape index (κ1) is 23.9. The number of nitrogens with two attached hydrogens (primary N) is 1. The van der Waals surface area contributed by atoms with Crippen LogP contribution in [0.15, 0.2) is 71.6 Å². The summed E-state index contributed by atoms with van der Waals surface area (Å²) in [5, 5.41) is 4.60. The van der Waals surface area contributed by atoms with Crippen LogP contribution in [0, 0.1) is 0 Å². The fourth-order valence-corrected chi connectivity index (χ4v) is 5.33. The van der Waals surface area contributed by atoms with Gasteiger partial charge in [0.15, 0.2) is 0 Å². The highest BCUT2D eigenvalue weighted by atomic mass is 32.2. The average molecular weight is 481 g/mol. The van der Waals surface area contributed by atoms with E-state index in [1.165, 1.54) is 0 Å². The Morgan fingerprint density at radius 2 is 1.79 bits per heavy atom. The molecule has 1 aliphatic heterocycles. The molecule has 0 aliphatic carbocycles. The lowest BCUT2D eigenvalue weighted by Gasteiger charge is -2.22. The molecule has 4 N–H and O–H groups in total. The highest BCUT2D eigenvalue weighted by Crippen LogP contribution is 2.22. The Hall–Kier alpha value is -3.27. The molecule has 0 saturated carbocycles. The van der Waals surface area contributed by atoms with Gasteiger partial charge in [0.25, 0.3) is 0 Å². The molecule has 1 saturated heterocycles. The van der Waals surface area contributed by atoms with E-state index >= 15 is 0 Å². The molecule has 3 aromatic carbocycles. The van der Waals surface area contributed by atoms with Crippen molar-refractivity contribution in [3.8, 4) is 0 Å². The largest absolute Gasteiger partial charge is 0.368 e. The highest BCUT2D eigenvalue weighted by molar-refractivity contribution is 7.89. The summed E-state index contributed by atoms with van der Waals surface area (Å²) >= 11 is 0. The second-order valence-electron chi connectivity index (χ2n) is 8.44. The number of hydrogen-bond donors (Lipinski definition) is 3. The van der Waals surface area contributed by atoms with E-state index in [9.17, 15) is 18.0 Å². The number of nitrogens with one attached hydrogen (secondary N) is 2. The summed E-state index contributed by atoms with van der Waals surface area (Å²) in [5.74, 6) is -0.609. The first-order valence-electron chi connectivity index (χ1n) is 11.2. The molecule has 0 radical (unpaired) electrons. The molecular weight excluding hydrogens is 452 g/mol. The Labute approximate surface area is 199 Å². The first-order chi connectivity index (χ1) is 16.3. The van der Waals surface area contributed by atoms with Crippen molar-refractivity contribution >= 4 is 38.3 Å². The lowest BCUT2D eigenvalue weighted by molar-refractivity contribution is -0.122. The normalized spacial score (nSPS) is 16.5. The number of nitrogens with zero attached hydrogens (tertiary/aromatic N) is 1. The van der Waals surface area contributed by atoms with Gasteiger partial charge in [-0.15, -0.1) is 0 Å². The molecule has 9 heteroatoms. The molecular formula is C25H28N4O4S. The van der Waals surface area contributed by atoms with Crippen LogP contribution in [-0.4, -0.2) is 44.3 Å². The molecule has 2 amide bonds. The molecule has 178 valence electrons. The Morgan fingerprint density at radius 3 is 2.59 bits per heavy atom. The fourth-order valence-electron chi connectivity index (χ4n) is 4.26. The van der Waals surface area contributed by atoms with Crippen molar-refractivity contribution in [2.75, 3.05) is 18.4 Å². The van der Waals surface area contributed by atoms with Gasteiger partial charge < -0.3 is 11.1 Å². The topological polar surface area (TPSA) is 122 Å². The SMILES string of the molecule is NC(=O)C1CCCN1Cc1cccc(NC(=O)CCNS(=O)(=O)c2ccc3ccccc3c2)c1. The Morgan fingerprint density at radius 1 is 1.00 bits per heavy atom. The van der Waals surface area contributed by atoms with Gasteiger partial charge >= 0.3 is 0 Å². The number of fused-ring (bicyclic) bond motifs is 1. The number of carbonyl (C=O) groups is 2. The van der Waals surface area contributed by atoms with Crippen molar-refractivity contribution in [2.45, 2.75) is 36.7 Å². The monoisotopic (exact) mass is 480 g/mol. The number of rotatable bonds is 9. The van der Waals surface area contributed by atoms with Crippen LogP contribution in [0.25, 0.3) is 10.8 Å². The molecule has 1 fully saturated rings. The third-order valence-electron chi connectivity index (χ3n) is 5.96. The van der Waals surface area contributed by atoms with E-state index < -0.39 is 10.0 Å². The van der Waals surface area contributed by atoms with Gasteiger partial charge in [0.2, 0.25) is 21.8 Å². The summed E-state index contributed by atoms with van der Waals surface area (Å²) in [5.41, 5.74) is 7.07. The van der Waals surface area contributed by atoms with E-state index in [2.05, 4.69) is 10.0 Å². The van der Waals surface area contributed by atoms with Crippen LogP contribution in [0.3, 0.4) is 0 Å². The molecule has 0 bridgehead atoms. The first-order valence-corrected chi connectivity index (χ1v) is 12.7. The molecule has 0 aromatic heterocycles. The van der Waals surface area contributed by atoms with E-state index in [4.69, 9.17) is 5.73 Å². The molecule has 3 aromatic rings. The smallest absolute Gasteiger partial charge is 0.240 e. The van der Waals surface area contributed by atoms with Crippen molar-refractivity contribution < 1.29 is 18.0 Å². The van der Waals surface area contributed by atoms with Crippen molar-refractivity contribution in [1.82, 2.24) is 9.62 Å². The summed E-state index contributed by atoms with van der Waals surface area (Å²) in [7, 11) is -3.73. The van der Waals surface area contributed by atoms with Crippen molar-refractivity contribution in [2.24, 2.45) is 5.73 Å². The standard InChI is InChI=1S/C25H28N4O4S/c26-25(31)23-9-4-14-29(23)17-18-5-3-8-21(15-18)28-24(30)12-13-27-34(32,33)22-11-10-19-6-1-2-7-20(19)16-22/h1-3,5-8,10-11,15-16,23,27H,4,9,12-14,17H2,(H2,26,31)(H,28,30). The van der Waals surface area contributed by atoms with Crippen LogP contribution >= 0.6 is 0 Å². The molecule has 1 atom stereocenters. The van der Waals surface area contributed by atoms with E-state index in [0.717, 1.165) is 35.7 Å². The number of primary amides is 1. The number of likely N-dealkylation sites (tertiary alicyclic amines) is 1. The highest BCUT2D eigenvalue weighted by Gasteiger charge is 2.28.